The van der Waals surface area contributed by atoms with E-state index in [1.165, 1.54) is 35.4 Å². The van der Waals surface area contributed by atoms with Gasteiger partial charge in [0.1, 0.15) is 0 Å². The van der Waals surface area contributed by atoms with Crippen molar-refractivity contribution in [2.24, 2.45) is 0 Å². The Kier molecular flexibility index (Phi) is 5.88. The molecular weight excluding hydrogens is 316 g/mol. The topological polar surface area (TPSA) is 33.2 Å². The third-order valence-corrected chi connectivity index (χ3v) is 6.03. The zero-order chi connectivity index (χ0) is 16.9. The highest BCUT2D eigenvalue weighted by Gasteiger charge is 2.28. The highest BCUT2D eigenvalue weighted by Crippen LogP contribution is 2.26. The minimum atomic E-state index is 0.324. The zero-order valence-corrected chi connectivity index (χ0v) is 15.6. The lowest BCUT2D eigenvalue weighted by atomic mass is 10.1. The number of para-hydroxylation sites is 1. The number of hydrogen-bond donors (Lipinski definition) is 0. The highest BCUT2D eigenvalue weighted by atomic mass is 32.1. The summed E-state index contributed by atoms with van der Waals surface area (Å²) in [5.74, 6) is 0.348. The van der Waals surface area contributed by atoms with Crippen LogP contribution in [0.25, 0.3) is 10.2 Å². The number of fused-ring (bicyclic) bond motifs is 1. The molecule has 1 aliphatic carbocycles. The first-order valence-electron chi connectivity index (χ1n) is 9.31. The van der Waals surface area contributed by atoms with Crippen LogP contribution in [0.4, 0.5) is 0 Å². The molecule has 130 valence electrons. The van der Waals surface area contributed by atoms with E-state index >= 15 is 0 Å². The molecule has 0 N–H and O–H groups in total. The molecule has 0 radical (unpaired) electrons. The third-order valence-electron chi connectivity index (χ3n) is 4.93. The number of carbonyl (C=O) groups is 1. The summed E-state index contributed by atoms with van der Waals surface area (Å²) < 4.78 is 1.26. The Balaban J connectivity index is 1.47. The molecule has 3 rings (SSSR count). The Morgan fingerprint density at radius 1 is 1.25 bits per heavy atom. The van der Waals surface area contributed by atoms with E-state index in [9.17, 15) is 4.79 Å². The van der Waals surface area contributed by atoms with Gasteiger partial charge in [0.25, 0.3) is 0 Å². The first-order valence-corrected chi connectivity index (χ1v) is 10.1. The quantitative estimate of drug-likeness (QED) is 0.648. The number of nitrogens with zero attached hydrogens (tertiary/aromatic N) is 2. The maximum absolute atomic E-state index is 12.6. The fourth-order valence-corrected chi connectivity index (χ4v) is 4.81. The standard InChI is InChI=1S/C20H28N2OS/c1-15(2)22(16-9-3-4-10-16)20(23)14-8-7-13-19-21-17-11-5-6-12-18(17)24-19/h5-6,11-12,15-16H,3-4,7-10,13-14H2,1-2H3. The molecule has 1 heterocycles. The summed E-state index contributed by atoms with van der Waals surface area (Å²) in [6.45, 7) is 4.30. The molecule has 1 aromatic heterocycles. The van der Waals surface area contributed by atoms with Gasteiger partial charge in [-0.1, -0.05) is 25.0 Å². The van der Waals surface area contributed by atoms with Gasteiger partial charge in [-0.05, 0) is 58.1 Å². The summed E-state index contributed by atoms with van der Waals surface area (Å²) in [6.07, 6.45) is 8.60. The van der Waals surface area contributed by atoms with Gasteiger partial charge in [-0.3, -0.25) is 4.79 Å². The van der Waals surface area contributed by atoms with Gasteiger partial charge < -0.3 is 4.90 Å². The van der Waals surface area contributed by atoms with Crippen molar-refractivity contribution in [3.8, 4) is 0 Å². The van der Waals surface area contributed by atoms with Crippen molar-refractivity contribution in [2.75, 3.05) is 0 Å². The predicted molar refractivity (Wildman–Crippen MR) is 101 cm³/mol. The van der Waals surface area contributed by atoms with E-state index in [4.69, 9.17) is 0 Å². The van der Waals surface area contributed by atoms with Crippen LogP contribution in [-0.4, -0.2) is 27.9 Å². The molecular formula is C20H28N2OS. The number of aromatic nitrogens is 1. The van der Waals surface area contributed by atoms with Crippen molar-refractivity contribution in [3.63, 3.8) is 0 Å². The molecule has 1 saturated carbocycles. The average molecular weight is 345 g/mol. The van der Waals surface area contributed by atoms with Crippen LogP contribution in [0.5, 0.6) is 0 Å². The largest absolute Gasteiger partial charge is 0.337 e. The average Bonchev–Trinajstić information content (AvgIpc) is 3.20. The van der Waals surface area contributed by atoms with Gasteiger partial charge in [0.05, 0.1) is 15.2 Å². The number of carbonyl (C=O) groups excluding carboxylic acids is 1. The highest BCUT2D eigenvalue weighted by molar-refractivity contribution is 7.18. The Morgan fingerprint density at radius 3 is 2.71 bits per heavy atom. The summed E-state index contributed by atoms with van der Waals surface area (Å²) in [6, 6.07) is 9.11. The van der Waals surface area contributed by atoms with Gasteiger partial charge in [-0.15, -0.1) is 11.3 Å². The van der Waals surface area contributed by atoms with Crippen molar-refractivity contribution in [1.29, 1.82) is 0 Å². The summed E-state index contributed by atoms with van der Waals surface area (Å²) in [5.41, 5.74) is 1.10. The van der Waals surface area contributed by atoms with Crippen LogP contribution in [-0.2, 0) is 11.2 Å². The van der Waals surface area contributed by atoms with Gasteiger partial charge in [0, 0.05) is 18.5 Å². The lowest BCUT2D eigenvalue weighted by Gasteiger charge is -2.33. The van der Waals surface area contributed by atoms with Crippen LogP contribution in [0, 0.1) is 0 Å². The van der Waals surface area contributed by atoms with Crippen molar-refractivity contribution >= 4 is 27.5 Å². The summed E-state index contributed by atoms with van der Waals surface area (Å²) >= 11 is 1.78. The number of hydrogen-bond acceptors (Lipinski definition) is 3. The molecule has 1 fully saturated rings. The SMILES string of the molecule is CC(C)N(C(=O)CCCCc1nc2ccccc2s1)C1CCCC1. The number of amides is 1. The van der Waals surface area contributed by atoms with Gasteiger partial charge in [0.15, 0.2) is 0 Å². The van der Waals surface area contributed by atoms with E-state index < -0.39 is 0 Å². The molecule has 2 aromatic rings. The molecule has 0 unspecified atom stereocenters. The lowest BCUT2D eigenvalue weighted by Crippen LogP contribution is -2.43. The monoisotopic (exact) mass is 344 g/mol. The first kappa shape index (κ1) is 17.4. The van der Waals surface area contributed by atoms with Crippen LogP contribution in [0.3, 0.4) is 0 Å². The van der Waals surface area contributed by atoms with Crippen LogP contribution < -0.4 is 0 Å². The number of rotatable bonds is 7. The van der Waals surface area contributed by atoms with Crippen LogP contribution in [0.1, 0.15) is 63.8 Å². The molecule has 0 bridgehead atoms. The van der Waals surface area contributed by atoms with Crippen molar-refractivity contribution < 1.29 is 4.79 Å². The molecule has 0 aliphatic heterocycles. The van der Waals surface area contributed by atoms with E-state index in [1.54, 1.807) is 11.3 Å². The second kappa shape index (κ2) is 8.11. The molecule has 0 saturated heterocycles. The summed E-state index contributed by atoms with van der Waals surface area (Å²) in [7, 11) is 0. The molecule has 3 nitrogen and oxygen atoms in total. The fraction of sp³-hybridized carbons (Fsp3) is 0.600. The maximum Gasteiger partial charge on any atom is 0.223 e. The smallest absolute Gasteiger partial charge is 0.223 e. The predicted octanol–water partition coefficient (Wildman–Crippen LogP) is 5.19. The Bertz CT molecular complexity index is 640. The van der Waals surface area contributed by atoms with Gasteiger partial charge in [-0.25, -0.2) is 4.98 Å². The molecule has 1 aliphatic rings. The number of aryl methyl sites for hydroxylation is 1. The third kappa shape index (κ3) is 4.15. The maximum atomic E-state index is 12.6. The Morgan fingerprint density at radius 2 is 2.00 bits per heavy atom. The van der Waals surface area contributed by atoms with Gasteiger partial charge >= 0.3 is 0 Å². The van der Waals surface area contributed by atoms with Crippen molar-refractivity contribution in [1.82, 2.24) is 9.88 Å². The number of benzene rings is 1. The minimum Gasteiger partial charge on any atom is -0.337 e. The normalized spacial score (nSPS) is 15.5. The lowest BCUT2D eigenvalue weighted by molar-refractivity contribution is -0.135. The zero-order valence-electron chi connectivity index (χ0n) is 14.8. The molecule has 0 spiro atoms. The van der Waals surface area contributed by atoms with E-state index in [0.29, 0.717) is 24.4 Å². The van der Waals surface area contributed by atoms with Crippen molar-refractivity contribution in [2.45, 2.75) is 77.3 Å². The first-order chi connectivity index (χ1) is 11.6. The molecule has 0 atom stereocenters. The second-order valence-electron chi connectivity index (χ2n) is 7.12. The summed E-state index contributed by atoms with van der Waals surface area (Å²) in [4.78, 5) is 19.5. The van der Waals surface area contributed by atoms with Crippen LogP contribution in [0.2, 0.25) is 0 Å². The summed E-state index contributed by atoms with van der Waals surface area (Å²) in [5, 5.41) is 1.19. The molecule has 1 amide bonds. The number of unbranched alkanes of at least 4 members (excludes halogenated alkanes) is 1. The van der Waals surface area contributed by atoms with E-state index in [0.717, 1.165) is 24.8 Å². The molecule has 4 heteroatoms. The van der Waals surface area contributed by atoms with Crippen LogP contribution >= 0.6 is 11.3 Å². The van der Waals surface area contributed by atoms with E-state index in [-0.39, 0.29) is 0 Å². The molecule has 24 heavy (non-hydrogen) atoms. The van der Waals surface area contributed by atoms with E-state index in [1.807, 2.05) is 6.07 Å². The fourth-order valence-electron chi connectivity index (χ4n) is 3.80. The second-order valence-corrected chi connectivity index (χ2v) is 8.23. The van der Waals surface area contributed by atoms with Crippen LogP contribution in [0.15, 0.2) is 24.3 Å². The van der Waals surface area contributed by atoms with Gasteiger partial charge in [-0.2, -0.15) is 0 Å². The Labute approximate surface area is 149 Å². The molecule has 1 aromatic carbocycles. The van der Waals surface area contributed by atoms with Crippen molar-refractivity contribution in [3.05, 3.63) is 29.3 Å². The van der Waals surface area contributed by atoms with Gasteiger partial charge in [0.2, 0.25) is 5.91 Å². The van der Waals surface area contributed by atoms with E-state index in [2.05, 4.69) is 41.9 Å². The minimum absolute atomic E-state index is 0.324. The Hall–Kier alpha value is -1.42. The number of thiazole rings is 1.